The van der Waals surface area contributed by atoms with Gasteiger partial charge < -0.3 is 9.84 Å². The third kappa shape index (κ3) is 4.29. The second-order valence-electron chi connectivity index (χ2n) is 7.67. The highest BCUT2D eigenvalue weighted by Gasteiger charge is 2.47. The molecule has 28 heavy (non-hydrogen) atoms. The molecule has 0 radical (unpaired) electrons. The number of carboxylic acids is 1. The first kappa shape index (κ1) is 20.2. The summed E-state index contributed by atoms with van der Waals surface area (Å²) in [6.45, 7) is 8.30. The third-order valence-electron chi connectivity index (χ3n) is 5.21. The van der Waals surface area contributed by atoms with Crippen molar-refractivity contribution in [3.63, 3.8) is 0 Å². The fourth-order valence-corrected chi connectivity index (χ4v) is 3.74. The second-order valence-corrected chi connectivity index (χ2v) is 7.67. The van der Waals surface area contributed by atoms with Gasteiger partial charge in [-0.3, -0.25) is 0 Å². The Labute approximate surface area is 167 Å². The Morgan fingerprint density at radius 1 is 1.04 bits per heavy atom. The molecule has 3 heteroatoms. The van der Waals surface area contributed by atoms with Crippen molar-refractivity contribution in [2.24, 2.45) is 0 Å². The summed E-state index contributed by atoms with van der Waals surface area (Å²) in [6.07, 6.45) is 4.00. The van der Waals surface area contributed by atoms with Crippen LogP contribution in [0.2, 0.25) is 0 Å². The Morgan fingerprint density at radius 3 is 2.11 bits per heavy atom. The van der Waals surface area contributed by atoms with Crippen LogP contribution in [0.1, 0.15) is 78.7 Å². The summed E-state index contributed by atoms with van der Waals surface area (Å²) < 4.78 is 6.22. The van der Waals surface area contributed by atoms with Gasteiger partial charge in [-0.2, -0.15) is 0 Å². The zero-order valence-corrected chi connectivity index (χ0v) is 17.1. The first-order chi connectivity index (χ1) is 13.4. The summed E-state index contributed by atoms with van der Waals surface area (Å²) in [7, 11) is 0. The van der Waals surface area contributed by atoms with Crippen LogP contribution in [0.4, 0.5) is 0 Å². The predicted octanol–water partition coefficient (Wildman–Crippen LogP) is 5.32. The van der Waals surface area contributed by atoms with Gasteiger partial charge in [-0.25, -0.2) is 4.79 Å². The standard InChI is InChI=1S/C25H28O3/c1-5-20-15-18(9-11-22(20)24(26)27)7-8-19-10-12-23(21(6-2)16-19)25(13-14-25)28-17(3)4/h9-12,15-17H,5-6,13-14H2,1-4H3,(H,26,27). The van der Waals surface area contributed by atoms with Crippen LogP contribution in [0.3, 0.4) is 0 Å². The number of benzene rings is 2. The van der Waals surface area contributed by atoms with E-state index in [0.29, 0.717) is 12.0 Å². The van der Waals surface area contributed by atoms with Crippen LogP contribution in [-0.4, -0.2) is 17.2 Å². The summed E-state index contributed by atoms with van der Waals surface area (Å²) in [5, 5.41) is 9.26. The Morgan fingerprint density at radius 2 is 1.61 bits per heavy atom. The molecule has 0 bridgehead atoms. The quantitative estimate of drug-likeness (QED) is 0.694. The lowest BCUT2D eigenvalue weighted by Gasteiger charge is -2.22. The van der Waals surface area contributed by atoms with Gasteiger partial charge in [0.15, 0.2) is 0 Å². The summed E-state index contributed by atoms with van der Waals surface area (Å²) in [5.41, 5.74) is 5.46. The molecule has 1 aliphatic carbocycles. The van der Waals surface area contributed by atoms with Gasteiger partial charge in [0.25, 0.3) is 0 Å². The minimum atomic E-state index is -0.892. The van der Waals surface area contributed by atoms with Gasteiger partial charge in [0.2, 0.25) is 0 Å². The number of hydrogen-bond acceptors (Lipinski definition) is 2. The maximum Gasteiger partial charge on any atom is 0.335 e. The van der Waals surface area contributed by atoms with Gasteiger partial charge in [-0.15, -0.1) is 0 Å². The van der Waals surface area contributed by atoms with E-state index in [4.69, 9.17) is 4.74 Å². The van der Waals surface area contributed by atoms with E-state index in [1.165, 1.54) is 11.1 Å². The summed E-state index contributed by atoms with van der Waals surface area (Å²) >= 11 is 0. The molecule has 0 saturated heterocycles. The van der Waals surface area contributed by atoms with E-state index in [-0.39, 0.29) is 11.7 Å². The van der Waals surface area contributed by atoms with Crippen molar-refractivity contribution >= 4 is 5.97 Å². The lowest BCUT2D eigenvalue weighted by Crippen LogP contribution is -2.19. The number of hydrogen-bond donors (Lipinski definition) is 1. The van der Waals surface area contributed by atoms with E-state index in [0.717, 1.165) is 36.0 Å². The topological polar surface area (TPSA) is 46.5 Å². The molecule has 2 aromatic rings. The molecule has 0 aliphatic heterocycles. The Hall–Kier alpha value is -2.57. The van der Waals surface area contributed by atoms with Crippen molar-refractivity contribution in [2.45, 2.75) is 65.1 Å². The minimum Gasteiger partial charge on any atom is -0.478 e. The third-order valence-corrected chi connectivity index (χ3v) is 5.21. The Kier molecular flexibility index (Phi) is 5.91. The summed E-state index contributed by atoms with van der Waals surface area (Å²) in [6, 6.07) is 11.7. The molecule has 146 valence electrons. The van der Waals surface area contributed by atoms with Crippen LogP contribution < -0.4 is 0 Å². The highest BCUT2D eigenvalue weighted by atomic mass is 16.5. The van der Waals surface area contributed by atoms with Gasteiger partial charge in [-0.05, 0) is 86.6 Å². The van der Waals surface area contributed by atoms with Crippen molar-refractivity contribution in [3.8, 4) is 11.8 Å². The van der Waals surface area contributed by atoms with E-state index in [2.05, 4.69) is 50.8 Å². The molecule has 1 aliphatic rings. The normalized spacial score (nSPS) is 14.5. The number of rotatable bonds is 6. The smallest absolute Gasteiger partial charge is 0.335 e. The maximum absolute atomic E-state index is 11.3. The molecule has 0 aromatic heterocycles. The first-order valence-electron chi connectivity index (χ1n) is 10.1. The molecule has 0 unspecified atom stereocenters. The molecule has 0 spiro atoms. The van der Waals surface area contributed by atoms with E-state index >= 15 is 0 Å². The van der Waals surface area contributed by atoms with Crippen LogP contribution in [0.5, 0.6) is 0 Å². The van der Waals surface area contributed by atoms with Crippen LogP contribution in [0.25, 0.3) is 0 Å². The van der Waals surface area contributed by atoms with E-state index in [1.807, 2.05) is 13.0 Å². The van der Waals surface area contributed by atoms with Crippen molar-refractivity contribution in [3.05, 3.63) is 69.8 Å². The largest absolute Gasteiger partial charge is 0.478 e. The predicted molar refractivity (Wildman–Crippen MR) is 112 cm³/mol. The lowest BCUT2D eigenvalue weighted by atomic mass is 9.96. The first-order valence-corrected chi connectivity index (χ1v) is 10.1. The number of aryl methyl sites for hydroxylation is 2. The minimum absolute atomic E-state index is 0.103. The lowest BCUT2D eigenvalue weighted by molar-refractivity contribution is -0.0147. The monoisotopic (exact) mass is 376 g/mol. The van der Waals surface area contributed by atoms with Crippen molar-refractivity contribution in [2.75, 3.05) is 0 Å². The average Bonchev–Trinajstić information content (AvgIpc) is 3.45. The zero-order valence-electron chi connectivity index (χ0n) is 17.1. The van der Waals surface area contributed by atoms with Crippen molar-refractivity contribution in [1.82, 2.24) is 0 Å². The van der Waals surface area contributed by atoms with Gasteiger partial charge in [0, 0.05) is 11.1 Å². The van der Waals surface area contributed by atoms with Gasteiger partial charge in [-0.1, -0.05) is 31.8 Å². The summed E-state index contributed by atoms with van der Waals surface area (Å²) in [4.78, 5) is 11.3. The molecule has 1 fully saturated rings. The highest BCUT2D eigenvalue weighted by molar-refractivity contribution is 5.89. The van der Waals surface area contributed by atoms with Crippen molar-refractivity contribution in [1.29, 1.82) is 0 Å². The molecule has 1 N–H and O–H groups in total. The number of carbonyl (C=O) groups is 1. The fourth-order valence-electron chi connectivity index (χ4n) is 3.74. The number of aromatic carboxylic acids is 1. The second kappa shape index (κ2) is 8.20. The van der Waals surface area contributed by atoms with Gasteiger partial charge in [0.05, 0.1) is 17.3 Å². The van der Waals surface area contributed by atoms with Crippen LogP contribution in [-0.2, 0) is 23.2 Å². The molecule has 1 saturated carbocycles. The maximum atomic E-state index is 11.3. The molecule has 0 amide bonds. The molecular formula is C25H28O3. The Bertz CT molecular complexity index is 940. The molecule has 3 nitrogen and oxygen atoms in total. The Balaban J connectivity index is 1.88. The zero-order chi connectivity index (χ0) is 20.3. The molecule has 2 aromatic carbocycles. The molecular weight excluding hydrogens is 348 g/mol. The molecule has 0 atom stereocenters. The van der Waals surface area contributed by atoms with Gasteiger partial charge >= 0.3 is 5.97 Å². The number of carboxylic acid groups (broad SMARTS) is 1. The van der Waals surface area contributed by atoms with Crippen molar-refractivity contribution < 1.29 is 14.6 Å². The van der Waals surface area contributed by atoms with Crippen LogP contribution in [0, 0.1) is 11.8 Å². The molecule has 3 rings (SSSR count). The molecule has 0 heterocycles. The van der Waals surface area contributed by atoms with Crippen LogP contribution >= 0.6 is 0 Å². The average molecular weight is 376 g/mol. The van der Waals surface area contributed by atoms with Crippen LogP contribution in [0.15, 0.2) is 36.4 Å². The number of ether oxygens (including phenoxy) is 1. The van der Waals surface area contributed by atoms with E-state index < -0.39 is 5.97 Å². The summed E-state index contributed by atoms with van der Waals surface area (Å²) in [5.74, 6) is 5.53. The SMILES string of the molecule is CCc1cc(C#Cc2ccc(C3(OC(C)C)CC3)c(CC)c2)ccc1C(=O)O. The van der Waals surface area contributed by atoms with Gasteiger partial charge in [0.1, 0.15) is 0 Å². The van der Waals surface area contributed by atoms with E-state index in [9.17, 15) is 9.90 Å². The fraction of sp³-hybridized carbons (Fsp3) is 0.400. The highest BCUT2D eigenvalue weighted by Crippen LogP contribution is 2.51. The van der Waals surface area contributed by atoms with E-state index in [1.54, 1.807) is 12.1 Å².